The molecule has 1 amide bonds. The van der Waals surface area contributed by atoms with Gasteiger partial charge in [0.15, 0.2) is 0 Å². The first kappa shape index (κ1) is 21.9. The van der Waals surface area contributed by atoms with Gasteiger partial charge in [-0.2, -0.15) is 0 Å². The average molecular weight is 367 g/mol. The number of hydrogen-bond acceptors (Lipinski definition) is 6. The van der Waals surface area contributed by atoms with Crippen molar-refractivity contribution in [2.75, 3.05) is 0 Å². The van der Waals surface area contributed by atoms with E-state index in [2.05, 4.69) is 5.32 Å². The summed E-state index contributed by atoms with van der Waals surface area (Å²) in [5.74, 6) is -1.35. The number of phenolic OH excluding ortho intramolecular Hbond substituents is 1. The molecule has 1 rings (SSSR count). The Kier molecular flexibility index (Phi) is 7.17. The number of amides is 1. The molecule has 0 aliphatic carbocycles. The molecule has 0 radical (unpaired) electrons. The van der Waals surface area contributed by atoms with Crippen LogP contribution in [0.15, 0.2) is 24.3 Å². The molecule has 0 aliphatic heterocycles. The minimum absolute atomic E-state index is 0.0978. The van der Waals surface area contributed by atoms with Gasteiger partial charge >= 0.3 is 5.97 Å². The van der Waals surface area contributed by atoms with Crippen molar-refractivity contribution in [2.45, 2.75) is 71.5 Å². The summed E-state index contributed by atoms with van der Waals surface area (Å²) in [6.45, 7) is 10.3. The Labute approximate surface area is 154 Å². The summed E-state index contributed by atoms with van der Waals surface area (Å²) in [4.78, 5) is 24.7. The molecular weight excluding hydrogens is 338 g/mol. The van der Waals surface area contributed by atoms with Gasteiger partial charge in [-0.15, -0.1) is 0 Å². The average Bonchev–Trinajstić information content (AvgIpc) is 2.45. The van der Waals surface area contributed by atoms with Crippen LogP contribution in [-0.4, -0.2) is 45.6 Å². The Morgan fingerprint density at radius 3 is 2.04 bits per heavy atom. The Bertz CT molecular complexity index is 612. The summed E-state index contributed by atoms with van der Waals surface area (Å²) < 4.78 is 10.6. The van der Waals surface area contributed by atoms with Crippen LogP contribution in [-0.2, 0) is 25.5 Å². The van der Waals surface area contributed by atoms with Gasteiger partial charge in [-0.3, -0.25) is 4.79 Å². The third kappa shape index (κ3) is 8.31. The molecule has 146 valence electrons. The van der Waals surface area contributed by atoms with Crippen molar-refractivity contribution in [3.63, 3.8) is 0 Å². The van der Waals surface area contributed by atoms with Crippen molar-refractivity contribution in [3.05, 3.63) is 29.8 Å². The van der Waals surface area contributed by atoms with Crippen molar-refractivity contribution >= 4 is 11.9 Å². The minimum Gasteiger partial charge on any atom is -0.508 e. The van der Waals surface area contributed by atoms with E-state index in [1.807, 2.05) is 0 Å². The van der Waals surface area contributed by atoms with Gasteiger partial charge < -0.3 is 25.0 Å². The first-order valence-corrected chi connectivity index (χ1v) is 8.44. The Morgan fingerprint density at radius 2 is 1.58 bits per heavy atom. The molecule has 0 saturated heterocycles. The smallest absolute Gasteiger partial charge is 0.329 e. The van der Waals surface area contributed by atoms with Crippen LogP contribution in [0.2, 0.25) is 0 Å². The number of carbonyl (C=O) groups is 2. The number of carbonyl (C=O) groups excluding carboxylic acids is 2. The van der Waals surface area contributed by atoms with Crippen LogP contribution in [0.5, 0.6) is 5.75 Å². The van der Waals surface area contributed by atoms with E-state index in [9.17, 15) is 19.8 Å². The molecular formula is C19H29NO6. The Morgan fingerprint density at radius 1 is 1.04 bits per heavy atom. The highest BCUT2D eigenvalue weighted by Crippen LogP contribution is 2.15. The number of rotatable bonds is 6. The van der Waals surface area contributed by atoms with Crippen molar-refractivity contribution in [1.29, 1.82) is 0 Å². The van der Waals surface area contributed by atoms with Crippen LogP contribution in [0.4, 0.5) is 0 Å². The zero-order chi connectivity index (χ0) is 20.1. The molecule has 0 bridgehead atoms. The summed E-state index contributed by atoms with van der Waals surface area (Å²) in [5, 5.41) is 21.7. The lowest BCUT2D eigenvalue weighted by Gasteiger charge is -2.27. The number of phenols is 1. The van der Waals surface area contributed by atoms with E-state index in [0.29, 0.717) is 5.56 Å². The predicted molar refractivity (Wildman–Crippen MR) is 96.4 cm³/mol. The third-order valence-electron chi connectivity index (χ3n) is 3.07. The van der Waals surface area contributed by atoms with Crippen molar-refractivity contribution in [1.82, 2.24) is 5.32 Å². The maximum absolute atomic E-state index is 12.5. The van der Waals surface area contributed by atoms with Gasteiger partial charge in [0, 0.05) is 6.42 Å². The highest BCUT2D eigenvalue weighted by Gasteiger charge is 2.30. The van der Waals surface area contributed by atoms with Crippen LogP contribution in [0, 0.1) is 0 Å². The van der Waals surface area contributed by atoms with Gasteiger partial charge in [-0.25, -0.2) is 4.79 Å². The quantitative estimate of drug-likeness (QED) is 0.524. The second kappa shape index (κ2) is 8.51. The molecule has 3 N–H and O–H groups in total. The van der Waals surface area contributed by atoms with Crippen LogP contribution in [0.25, 0.3) is 0 Å². The van der Waals surface area contributed by atoms with Crippen LogP contribution in [0.1, 0.15) is 47.1 Å². The molecule has 0 spiro atoms. The van der Waals surface area contributed by atoms with Gasteiger partial charge in [0.2, 0.25) is 6.29 Å². The number of benzene rings is 1. The number of hydrogen-bond donors (Lipinski definition) is 3. The fourth-order valence-corrected chi connectivity index (χ4v) is 2.07. The zero-order valence-corrected chi connectivity index (χ0v) is 16.2. The first-order chi connectivity index (χ1) is 11.8. The molecule has 0 saturated carbocycles. The summed E-state index contributed by atoms with van der Waals surface area (Å²) in [6.07, 6.45) is -1.57. The maximum Gasteiger partial charge on any atom is 0.329 e. The normalized spacial score (nSPS) is 14.4. The molecule has 7 heteroatoms. The van der Waals surface area contributed by atoms with Gasteiger partial charge in [0.1, 0.15) is 17.4 Å². The van der Waals surface area contributed by atoms with E-state index in [4.69, 9.17) is 9.47 Å². The monoisotopic (exact) mass is 367 g/mol. The Balaban J connectivity index is 2.90. The lowest BCUT2D eigenvalue weighted by Crippen LogP contribution is -2.50. The highest BCUT2D eigenvalue weighted by molar-refractivity contribution is 5.86. The number of esters is 1. The number of aliphatic hydroxyl groups is 1. The number of ether oxygens (including phenoxy) is 2. The number of nitrogens with one attached hydrogen (secondary N) is 1. The second-order valence-electron chi connectivity index (χ2n) is 8.05. The number of aliphatic hydroxyl groups excluding tert-OH is 1. The van der Waals surface area contributed by atoms with Gasteiger partial charge in [-0.1, -0.05) is 12.1 Å². The van der Waals surface area contributed by atoms with Gasteiger partial charge in [0.05, 0.1) is 5.60 Å². The number of aromatic hydroxyl groups is 1. The molecule has 0 heterocycles. The fourth-order valence-electron chi connectivity index (χ4n) is 2.07. The van der Waals surface area contributed by atoms with E-state index in [-0.39, 0.29) is 12.2 Å². The topological polar surface area (TPSA) is 105 Å². The van der Waals surface area contributed by atoms with E-state index < -0.39 is 35.4 Å². The standard InChI is InChI=1S/C19H29NO6/c1-18(2,3)25-16(23)14(11-12-7-9-13(21)10-8-12)20-15(22)17(24)26-19(4,5)6/h7-10,14,17,21,24H,11H2,1-6H3,(H,20,22)/t14-,17?/m0/s1. The molecule has 26 heavy (non-hydrogen) atoms. The highest BCUT2D eigenvalue weighted by atomic mass is 16.6. The molecule has 1 aromatic rings. The van der Waals surface area contributed by atoms with E-state index >= 15 is 0 Å². The summed E-state index contributed by atoms with van der Waals surface area (Å²) in [5.41, 5.74) is -0.741. The summed E-state index contributed by atoms with van der Waals surface area (Å²) in [7, 11) is 0. The summed E-state index contributed by atoms with van der Waals surface area (Å²) in [6, 6.07) is 5.24. The van der Waals surface area contributed by atoms with Gasteiger partial charge in [0.25, 0.3) is 5.91 Å². The van der Waals surface area contributed by atoms with Crippen LogP contribution in [0.3, 0.4) is 0 Å². The second-order valence-corrected chi connectivity index (χ2v) is 8.05. The van der Waals surface area contributed by atoms with Crippen LogP contribution < -0.4 is 5.32 Å². The third-order valence-corrected chi connectivity index (χ3v) is 3.07. The van der Waals surface area contributed by atoms with Crippen molar-refractivity contribution < 1.29 is 29.3 Å². The predicted octanol–water partition coefficient (Wildman–Crippen LogP) is 1.89. The minimum atomic E-state index is -1.71. The molecule has 1 aromatic carbocycles. The molecule has 0 aliphatic rings. The lowest BCUT2D eigenvalue weighted by molar-refractivity contribution is -0.185. The molecule has 0 aromatic heterocycles. The zero-order valence-electron chi connectivity index (χ0n) is 16.2. The lowest BCUT2D eigenvalue weighted by atomic mass is 10.1. The van der Waals surface area contributed by atoms with Crippen molar-refractivity contribution in [2.24, 2.45) is 0 Å². The van der Waals surface area contributed by atoms with E-state index in [1.165, 1.54) is 12.1 Å². The first-order valence-electron chi connectivity index (χ1n) is 8.44. The molecule has 1 unspecified atom stereocenters. The SMILES string of the molecule is CC(C)(C)OC(=O)[C@H](Cc1ccc(O)cc1)NC(=O)C(O)OC(C)(C)C. The van der Waals surface area contributed by atoms with Gasteiger partial charge in [-0.05, 0) is 59.2 Å². The molecule has 2 atom stereocenters. The van der Waals surface area contributed by atoms with Crippen LogP contribution >= 0.6 is 0 Å². The molecule has 7 nitrogen and oxygen atoms in total. The fraction of sp³-hybridized carbons (Fsp3) is 0.579. The Hall–Kier alpha value is -2.12. The maximum atomic E-state index is 12.5. The summed E-state index contributed by atoms with van der Waals surface area (Å²) >= 11 is 0. The molecule has 0 fully saturated rings. The van der Waals surface area contributed by atoms with E-state index in [1.54, 1.807) is 53.7 Å². The van der Waals surface area contributed by atoms with Crippen molar-refractivity contribution in [3.8, 4) is 5.75 Å². The largest absolute Gasteiger partial charge is 0.508 e. The van der Waals surface area contributed by atoms with E-state index in [0.717, 1.165) is 0 Å².